The van der Waals surface area contributed by atoms with E-state index in [4.69, 9.17) is 9.47 Å². The van der Waals surface area contributed by atoms with Crippen LogP contribution in [0.1, 0.15) is 37.8 Å². The lowest BCUT2D eigenvalue weighted by atomic mass is 9.75. The molecule has 1 aromatic rings. The Kier molecular flexibility index (Phi) is 5.07. The SMILES string of the molecule is C=N[C@@]12C[C@H](O)[C@@H](CC(C)C)CN1CCc1cc(OC)c(OC)cc12. The number of nitrogens with zero attached hydrogens (tertiary/aromatic N) is 2. The van der Waals surface area contributed by atoms with Crippen LogP contribution in [0.3, 0.4) is 0 Å². The highest BCUT2D eigenvalue weighted by atomic mass is 16.5. The van der Waals surface area contributed by atoms with E-state index in [9.17, 15) is 5.11 Å². The van der Waals surface area contributed by atoms with Crippen molar-refractivity contribution in [3.63, 3.8) is 0 Å². The standard InChI is InChI=1S/C20H30N2O3/c1-13(2)8-15-12-22-7-6-14-9-18(24-4)19(25-5)10-16(14)20(22,21-3)11-17(15)23/h9-10,13,15,17,23H,3,6-8,11-12H2,1-2,4-5H3/t15-,17-,20-/m0/s1. The summed E-state index contributed by atoms with van der Waals surface area (Å²) < 4.78 is 11.0. The summed E-state index contributed by atoms with van der Waals surface area (Å²) >= 11 is 0. The van der Waals surface area contributed by atoms with Crippen LogP contribution in [0.4, 0.5) is 0 Å². The molecule has 1 saturated heterocycles. The fourth-order valence-corrected chi connectivity index (χ4v) is 4.54. The third kappa shape index (κ3) is 3.04. The molecule has 25 heavy (non-hydrogen) atoms. The Labute approximate surface area is 150 Å². The fourth-order valence-electron chi connectivity index (χ4n) is 4.54. The lowest BCUT2D eigenvalue weighted by molar-refractivity contribution is -0.0688. The van der Waals surface area contributed by atoms with Gasteiger partial charge in [0.1, 0.15) is 5.66 Å². The van der Waals surface area contributed by atoms with Crippen LogP contribution in [0.5, 0.6) is 11.5 Å². The van der Waals surface area contributed by atoms with E-state index in [1.807, 2.05) is 12.1 Å². The van der Waals surface area contributed by atoms with Crippen LogP contribution in [-0.4, -0.2) is 50.1 Å². The highest BCUT2D eigenvalue weighted by molar-refractivity contribution is 5.52. The Morgan fingerprint density at radius 3 is 2.60 bits per heavy atom. The van der Waals surface area contributed by atoms with Crippen molar-refractivity contribution < 1.29 is 14.6 Å². The van der Waals surface area contributed by atoms with Crippen molar-refractivity contribution in [2.45, 2.75) is 44.9 Å². The summed E-state index contributed by atoms with van der Waals surface area (Å²) in [6.45, 7) is 10.1. The van der Waals surface area contributed by atoms with Crippen molar-refractivity contribution in [2.75, 3.05) is 27.3 Å². The quantitative estimate of drug-likeness (QED) is 0.833. The number of aliphatic hydroxyl groups is 1. The molecule has 2 aliphatic rings. The first-order chi connectivity index (χ1) is 11.9. The number of aliphatic imine (C=N–C) groups is 1. The summed E-state index contributed by atoms with van der Waals surface area (Å²) in [4.78, 5) is 6.95. The summed E-state index contributed by atoms with van der Waals surface area (Å²) in [6.07, 6.45) is 2.18. The van der Waals surface area contributed by atoms with E-state index in [0.29, 0.717) is 18.1 Å². The van der Waals surface area contributed by atoms with Gasteiger partial charge < -0.3 is 14.6 Å². The number of hydrogen-bond acceptors (Lipinski definition) is 5. The zero-order valence-electron chi connectivity index (χ0n) is 15.8. The van der Waals surface area contributed by atoms with E-state index >= 15 is 0 Å². The first kappa shape index (κ1) is 18.2. The average Bonchev–Trinajstić information content (AvgIpc) is 2.60. The van der Waals surface area contributed by atoms with Gasteiger partial charge in [0, 0.05) is 25.1 Å². The highest BCUT2D eigenvalue weighted by Crippen LogP contribution is 2.48. The van der Waals surface area contributed by atoms with E-state index in [-0.39, 0.29) is 12.0 Å². The smallest absolute Gasteiger partial charge is 0.161 e. The van der Waals surface area contributed by atoms with E-state index in [2.05, 4.69) is 30.5 Å². The van der Waals surface area contributed by atoms with Crippen LogP contribution < -0.4 is 9.47 Å². The van der Waals surface area contributed by atoms with Crippen LogP contribution in [0.15, 0.2) is 17.1 Å². The number of piperidine rings is 1. The van der Waals surface area contributed by atoms with Crippen molar-refractivity contribution in [3.8, 4) is 11.5 Å². The number of fused-ring (bicyclic) bond motifs is 3. The second kappa shape index (κ2) is 6.96. The molecule has 2 heterocycles. The second-order valence-corrected chi connectivity index (χ2v) is 7.70. The lowest BCUT2D eigenvalue weighted by Gasteiger charge is -2.52. The molecule has 0 bridgehead atoms. The molecular formula is C20H30N2O3. The van der Waals surface area contributed by atoms with Gasteiger partial charge in [0.2, 0.25) is 0 Å². The molecule has 0 aromatic heterocycles. The highest BCUT2D eigenvalue weighted by Gasteiger charge is 2.49. The number of benzene rings is 1. The van der Waals surface area contributed by atoms with Gasteiger partial charge in [-0.3, -0.25) is 9.89 Å². The van der Waals surface area contributed by atoms with Crippen molar-refractivity contribution in [2.24, 2.45) is 16.8 Å². The van der Waals surface area contributed by atoms with Gasteiger partial charge in [0.15, 0.2) is 11.5 Å². The van der Waals surface area contributed by atoms with E-state index in [1.54, 1.807) is 14.2 Å². The summed E-state index contributed by atoms with van der Waals surface area (Å²) in [7, 11) is 3.30. The third-order valence-corrected chi connectivity index (χ3v) is 5.74. The Bertz CT molecular complexity index is 646. The van der Waals surface area contributed by atoms with Crippen LogP contribution >= 0.6 is 0 Å². The Hall–Kier alpha value is -1.59. The third-order valence-electron chi connectivity index (χ3n) is 5.74. The molecule has 0 amide bonds. The first-order valence-electron chi connectivity index (χ1n) is 9.11. The molecule has 3 atom stereocenters. The van der Waals surface area contributed by atoms with Gasteiger partial charge in [-0.05, 0) is 49.1 Å². The van der Waals surface area contributed by atoms with E-state index < -0.39 is 5.66 Å². The minimum atomic E-state index is -0.569. The lowest BCUT2D eigenvalue weighted by Crippen LogP contribution is -2.58. The van der Waals surface area contributed by atoms with Crippen molar-refractivity contribution in [1.82, 2.24) is 4.90 Å². The average molecular weight is 346 g/mol. The molecule has 3 rings (SSSR count). The molecule has 138 valence electrons. The molecule has 0 saturated carbocycles. The van der Waals surface area contributed by atoms with Gasteiger partial charge in [-0.2, -0.15) is 0 Å². The minimum absolute atomic E-state index is 0.288. The zero-order chi connectivity index (χ0) is 18.2. The van der Waals surface area contributed by atoms with E-state index in [0.717, 1.165) is 37.2 Å². The van der Waals surface area contributed by atoms with Gasteiger partial charge in [-0.15, -0.1) is 0 Å². The summed E-state index contributed by atoms with van der Waals surface area (Å²) in [6, 6.07) is 4.07. The van der Waals surface area contributed by atoms with Crippen molar-refractivity contribution >= 4 is 6.72 Å². The molecular weight excluding hydrogens is 316 g/mol. The van der Waals surface area contributed by atoms with Gasteiger partial charge in [-0.1, -0.05) is 13.8 Å². The number of aliphatic hydroxyl groups excluding tert-OH is 1. The Morgan fingerprint density at radius 1 is 1.32 bits per heavy atom. The van der Waals surface area contributed by atoms with Gasteiger partial charge in [-0.25, -0.2) is 0 Å². The number of hydrogen-bond donors (Lipinski definition) is 1. The van der Waals surface area contributed by atoms with Crippen molar-refractivity contribution in [3.05, 3.63) is 23.3 Å². The van der Waals surface area contributed by atoms with Crippen LogP contribution in [0.2, 0.25) is 0 Å². The molecule has 0 radical (unpaired) electrons. The van der Waals surface area contributed by atoms with Crippen molar-refractivity contribution in [1.29, 1.82) is 0 Å². The normalized spacial score (nSPS) is 29.0. The molecule has 0 spiro atoms. The molecule has 2 aliphatic heterocycles. The molecule has 5 heteroatoms. The first-order valence-corrected chi connectivity index (χ1v) is 9.11. The fraction of sp³-hybridized carbons (Fsp3) is 0.650. The molecule has 5 nitrogen and oxygen atoms in total. The monoisotopic (exact) mass is 346 g/mol. The molecule has 0 unspecified atom stereocenters. The minimum Gasteiger partial charge on any atom is -0.493 e. The predicted octanol–water partition coefficient (Wildman–Crippen LogP) is 2.84. The largest absolute Gasteiger partial charge is 0.493 e. The molecule has 1 fully saturated rings. The molecule has 1 aromatic carbocycles. The zero-order valence-corrected chi connectivity index (χ0v) is 15.8. The number of methoxy groups -OCH3 is 2. The van der Waals surface area contributed by atoms with Crippen LogP contribution in [0.25, 0.3) is 0 Å². The van der Waals surface area contributed by atoms with Crippen LogP contribution in [-0.2, 0) is 12.1 Å². The Balaban J connectivity index is 2.02. The predicted molar refractivity (Wildman–Crippen MR) is 99.6 cm³/mol. The summed E-state index contributed by atoms with van der Waals surface area (Å²) in [5.41, 5.74) is 1.73. The molecule has 1 N–H and O–H groups in total. The maximum Gasteiger partial charge on any atom is 0.161 e. The summed E-state index contributed by atoms with van der Waals surface area (Å²) in [5.74, 6) is 2.30. The Morgan fingerprint density at radius 2 is 2.00 bits per heavy atom. The van der Waals surface area contributed by atoms with Gasteiger partial charge in [0.25, 0.3) is 0 Å². The van der Waals surface area contributed by atoms with Gasteiger partial charge >= 0.3 is 0 Å². The number of rotatable bonds is 5. The second-order valence-electron chi connectivity index (χ2n) is 7.70. The van der Waals surface area contributed by atoms with Gasteiger partial charge in [0.05, 0.1) is 20.3 Å². The van der Waals surface area contributed by atoms with E-state index in [1.165, 1.54) is 5.56 Å². The maximum absolute atomic E-state index is 10.8. The maximum atomic E-state index is 10.8. The molecule has 0 aliphatic carbocycles. The van der Waals surface area contributed by atoms with Crippen LogP contribution in [0, 0.1) is 11.8 Å². The topological polar surface area (TPSA) is 54.3 Å². The summed E-state index contributed by atoms with van der Waals surface area (Å²) in [5, 5.41) is 10.8. The number of ether oxygens (including phenoxy) is 2.